The highest BCUT2D eigenvalue weighted by atomic mass is 28.3. The number of piperidine rings is 1. The van der Waals surface area contributed by atoms with E-state index in [1.807, 2.05) is 16.8 Å². The Morgan fingerprint density at radius 1 is 1.29 bits per heavy atom. The maximum absolute atomic E-state index is 11.8. The number of aromatic nitrogens is 3. The molecule has 0 aliphatic carbocycles. The first-order valence-corrected chi connectivity index (χ1v) is 14.7. The number of nitrogens with zero attached hydrogens (tertiary/aromatic N) is 4. The number of carbonyl (C=O) groups is 1. The molecule has 1 N–H and O–H groups in total. The largest absolute Gasteiger partial charge is 0.472 e. The standard InChI is InChI=1S/C22H36N4O4Si/c1-22(2,3)18-17(8-7-10-26(18)21(27)28)30-20-16-9-11-25(19(16)23-14-24-20)15-29-12-13-31(4,5)6/h9,11,14,17-18H,7-8,10,12-13,15H2,1-6H3,(H,27,28)/t17?,18-/m1/s1. The molecule has 2 aromatic rings. The summed E-state index contributed by atoms with van der Waals surface area (Å²) in [5.41, 5.74) is 0.502. The van der Waals surface area contributed by atoms with Crippen molar-refractivity contribution in [1.82, 2.24) is 19.4 Å². The second kappa shape index (κ2) is 9.16. The number of hydrogen-bond donors (Lipinski definition) is 1. The molecule has 1 fully saturated rings. The fraction of sp³-hybridized carbons (Fsp3) is 0.682. The molecular weight excluding hydrogens is 412 g/mol. The van der Waals surface area contributed by atoms with Gasteiger partial charge in [-0.2, -0.15) is 0 Å². The molecule has 31 heavy (non-hydrogen) atoms. The van der Waals surface area contributed by atoms with E-state index in [2.05, 4.69) is 50.4 Å². The Kier molecular flexibility index (Phi) is 6.95. The summed E-state index contributed by atoms with van der Waals surface area (Å²) in [6.07, 6.45) is 3.83. The fourth-order valence-electron chi connectivity index (χ4n) is 4.19. The summed E-state index contributed by atoms with van der Waals surface area (Å²) in [7, 11) is -1.13. The SMILES string of the molecule is CC(C)(C)[C@H]1C(Oc2ncnc3c2ccn3COCC[Si](C)(C)C)CCCN1C(=O)O. The number of ether oxygens (including phenoxy) is 2. The van der Waals surface area contributed by atoms with Gasteiger partial charge in [0.1, 0.15) is 24.8 Å². The van der Waals surface area contributed by atoms with Crippen molar-refractivity contribution in [2.24, 2.45) is 5.41 Å². The predicted molar refractivity (Wildman–Crippen MR) is 123 cm³/mol. The van der Waals surface area contributed by atoms with Crippen molar-refractivity contribution in [2.75, 3.05) is 13.2 Å². The molecular formula is C22H36N4O4Si. The Balaban J connectivity index is 1.78. The molecule has 1 aliphatic rings. The van der Waals surface area contributed by atoms with Gasteiger partial charge in [-0.15, -0.1) is 0 Å². The fourth-order valence-corrected chi connectivity index (χ4v) is 4.94. The maximum atomic E-state index is 11.8. The van der Waals surface area contributed by atoms with Crippen LogP contribution in [0.2, 0.25) is 25.7 Å². The van der Waals surface area contributed by atoms with Crippen molar-refractivity contribution in [3.8, 4) is 5.88 Å². The van der Waals surface area contributed by atoms with Crippen LogP contribution in [0.4, 0.5) is 4.79 Å². The Labute approximate surface area is 185 Å². The lowest BCUT2D eigenvalue weighted by Gasteiger charge is -2.46. The number of fused-ring (bicyclic) bond motifs is 1. The van der Waals surface area contributed by atoms with E-state index in [0.717, 1.165) is 36.5 Å². The van der Waals surface area contributed by atoms with Crippen molar-refractivity contribution in [1.29, 1.82) is 0 Å². The van der Waals surface area contributed by atoms with E-state index in [1.54, 1.807) is 0 Å². The third-order valence-corrected chi connectivity index (χ3v) is 7.42. The molecule has 0 aromatic carbocycles. The van der Waals surface area contributed by atoms with Gasteiger partial charge in [0.25, 0.3) is 0 Å². The third-order valence-electron chi connectivity index (χ3n) is 5.72. The highest BCUT2D eigenvalue weighted by Crippen LogP contribution is 2.35. The lowest BCUT2D eigenvalue weighted by Crippen LogP contribution is -2.58. The van der Waals surface area contributed by atoms with Gasteiger partial charge in [-0.05, 0) is 30.4 Å². The van der Waals surface area contributed by atoms with Gasteiger partial charge in [0, 0.05) is 27.4 Å². The second-order valence-electron chi connectivity index (χ2n) is 10.6. The van der Waals surface area contributed by atoms with E-state index in [0.29, 0.717) is 19.2 Å². The highest BCUT2D eigenvalue weighted by molar-refractivity contribution is 6.76. The molecule has 2 aromatic heterocycles. The van der Waals surface area contributed by atoms with Crippen LogP contribution in [0, 0.1) is 5.41 Å². The van der Waals surface area contributed by atoms with Gasteiger partial charge >= 0.3 is 6.09 Å². The maximum Gasteiger partial charge on any atom is 0.407 e. The normalized spacial score (nSPS) is 20.3. The predicted octanol–water partition coefficient (Wildman–Crippen LogP) is 4.68. The van der Waals surface area contributed by atoms with Gasteiger partial charge in [0.2, 0.25) is 5.88 Å². The molecule has 0 bridgehead atoms. The highest BCUT2D eigenvalue weighted by Gasteiger charge is 2.43. The Morgan fingerprint density at radius 2 is 2.03 bits per heavy atom. The van der Waals surface area contributed by atoms with Crippen LogP contribution in [0.3, 0.4) is 0 Å². The minimum Gasteiger partial charge on any atom is -0.472 e. The molecule has 0 saturated carbocycles. The van der Waals surface area contributed by atoms with Crippen LogP contribution in [0.5, 0.6) is 5.88 Å². The minimum atomic E-state index is -1.13. The number of rotatable bonds is 7. The molecule has 0 spiro atoms. The van der Waals surface area contributed by atoms with E-state index in [1.165, 1.54) is 11.2 Å². The van der Waals surface area contributed by atoms with Gasteiger partial charge < -0.3 is 24.0 Å². The molecule has 0 radical (unpaired) electrons. The van der Waals surface area contributed by atoms with Crippen molar-refractivity contribution in [2.45, 2.75) is 78.2 Å². The first kappa shape index (κ1) is 23.5. The first-order chi connectivity index (χ1) is 14.5. The van der Waals surface area contributed by atoms with Crippen LogP contribution in [-0.2, 0) is 11.5 Å². The molecule has 1 saturated heterocycles. The zero-order chi connectivity index (χ0) is 22.8. The van der Waals surface area contributed by atoms with Gasteiger partial charge in [-0.1, -0.05) is 40.4 Å². The summed E-state index contributed by atoms with van der Waals surface area (Å²) in [5.74, 6) is 0.498. The lowest BCUT2D eigenvalue weighted by atomic mass is 9.79. The van der Waals surface area contributed by atoms with Gasteiger partial charge in [-0.25, -0.2) is 14.8 Å². The summed E-state index contributed by atoms with van der Waals surface area (Å²) in [5, 5.41) is 10.5. The van der Waals surface area contributed by atoms with Crippen LogP contribution >= 0.6 is 0 Å². The molecule has 3 heterocycles. The second-order valence-corrected chi connectivity index (χ2v) is 16.3. The average molecular weight is 449 g/mol. The average Bonchev–Trinajstić information content (AvgIpc) is 3.07. The molecule has 9 heteroatoms. The number of carboxylic acid groups (broad SMARTS) is 1. The van der Waals surface area contributed by atoms with E-state index in [4.69, 9.17) is 9.47 Å². The number of likely N-dealkylation sites (tertiary alicyclic amines) is 1. The van der Waals surface area contributed by atoms with Crippen LogP contribution < -0.4 is 4.74 Å². The smallest absolute Gasteiger partial charge is 0.407 e. The summed E-state index contributed by atoms with van der Waals surface area (Å²) in [6, 6.07) is 2.80. The van der Waals surface area contributed by atoms with Crippen molar-refractivity contribution >= 4 is 25.2 Å². The quantitative estimate of drug-likeness (QED) is 0.489. The molecule has 2 atom stereocenters. The van der Waals surface area contributed by atoms with Gasteiger partial charge in [-0.3, -0.25) is 0 Å². The summed E-state index contributed by atoms with van der Waals surface area (Å²) in [4.78, 5) is 22.2. The minimum absolute atomic E-state index is 0.254. The van der Waals surface area contributed by atoms with E-state index in [9.17, 15) is 9.90 Å². The van der Waals surface area contributed by atoms with Crippen molar-refractivity contribution < 1.29 is 19.4 Å². The number of hydrogen-bond acceptors (Lipinski definition) is 5. The zero-order valence-electron chi connectivity index (χ0n) is 19.6. The van der Waals surface area contributed by atoms with Crippen LogP contribution in [0.15, 0.2) is 18.6 Å². The molecule has 1 unspecified atom stereocenters. The topological polar surface area (TPSA) is 89.7 Å². The Hall–Kier alpha value is -2.13. The van der Waals surface area contributed by atoms with Crippen LogP contribution in [0.25, 0.3) is 11.0 Å². The van der Waals surface area contributed by atoms with Crippen molar-refractivity contribution in [3.05, 3.63) is 18.6 Å². The molecule has 1 amide bonds. The monoisotopic (exact) mass is 448 g/mol. The van der Waals surface area contributed by atoms with Crippen LogP contribution in [-0.4, -0.2) is 64.0 Å². The van der Waals surface area contributed by atoms with Gasteiger partial charge in [0.05, 0.1) is 11.4 Å². The van der Waals surface area contributed by atoms with Crippen molar-refractivity contribution in [3.63, 3.8) is 0 Å². The zero-order valence-corrected chi connectivity index (χ0v) is 20.6. The molecule has 3 rings (SSSR count). The third kappa shape index (κ3) is 5.77. The molecule has 172 valence electrons. The summed E-state index contributed by atoms with van der Waals surface area (Å²) in [6.45, 7) is 14.9. The number of amides is 1. The van der Waals surface area contributed by atoms with Crippen LogP contribution in [0.1, 0.15) is 33.6 Å². The lowest BCUT2D eigenvalue weighted by molar-refractivity contribution is -0.0195. The Morgan fingerprint density at radius 3 is 2.68 bits per heavy atom. The van der Waals surface area contributed by atoms with Gasteiger partial charge in [0.15, 0.2) is 0 Å². The molecule has 1 aliphatic heterocycles. The molecule has 8 nitrogen and oxygen atoms in total. The van der Waals surface area contributed by atoms with E-state index in [-0.39, 0.29) is 17.6 Å². The first-order valence-electron chi connectivity index (χ1n) is 11.0. The summed E-state index contributed by atoms with van der Waals surface area (Å²) < 4.78 is 14.2. The van der Waals surface area contributed by atoms with E-state index >= 15 is 0 Å². The van der Waals surface area contributed by atoms with E-state index < -0.39 is 14.2 Å². The summed E-state index contributed by atoms with van der Waals surface area (Å²) >= 11 is 0. The Bertz CT molecular complexity index is 903.